The molecule has 0 aliphatic carbocycles. The van der Waals surface area contributed by atoms with Crippen LogP contribution >= 0.6 is 0 Å². The second-order valence-corrected chi connectivity index (χ2v) is 5.85. The molecule has 5 nitrogen and oxygen atoms in total. The first kappa shape index (κ1) is 15.8. The van der Waals surface area contributed by atoms with E-state index in [2.05, 4.69) is 9.97 Å². The van der Waals surface area contributed by atoms with Crippen LogP contribution in [0.15, 0.2) is 30.5 Å². The molecule has 1 heterocycles. The summed E-state index contributed by atoms with van der Waals surface area (Å²) in [6, 6.07) is 5.35. The van der Waals surface area contributed by atoms with Gasteiger partial charge in [-0.3, -0.25) is 4.79 Å². The maximum atomic E-state index is 12.9. The summed E-state index contributed by atoms with van der Waals surface area (Å²) in [6.45, 7) is 5.07. The van der Waals surface area contributed by atoms with Crippen molar-refractivity contribution in [1.82, 2.24) is 9.97 Å². The summed E-state index contributed by atoms with van der Waals surface area (Å²) < 4.78 is 12.9. The Balaban J connectivity index is 2.55. The van der Waals surface area contributed by atoms with E-state index in [0.29, 0.717) is 5.56 Å². The highest BCUT2D eigenvalue weighted by Crippen LogP contribution is 2.24. The molecule has 0 bridgehead atoms. The number of nitrogens with zero attached hydrogens (tertiary/aromatic N) is 2. The molecule has 22 heavy (non-hydrogen) atoms. The van der Waals surface area contributed by atoms with Crippen LogP contribution in [0, 0.1) is 11.2 Å². The molecule has 0 saturated heterocycles. The van der Waals surface area contributed by atoms with E-state index in [1.54, 1.807) is 20.8 Å². The number of rotatable bonds is 3. The molecular weight excluding hydrogens is 287 g/mol. The minimum Gasteiger partial charge on any atom is -0.476 e. The number of hydrogen-bond acceptors (Lipinski definition) is 4. The normalized spacial score (nSPS) is 11.3. The Kier molecular flexibility index (Phi) is 4.03. The maximum Gasteiger partial charge on any atom is 0.355 e. The van der Waals surface area contributed by atoms with Gasteiger partial charge in [0.05, 0.1) is 5.56 Å². The highest BCUT2D eigenvalue weighted by Gasteiger charge is 2.28. The average molecular weight is 302 g/mol. The Hall–Kier alpha value is -2.63. The van der Waals surface area contributed by atoms with Gasteiger partial charge in [-0.05, 0) is 24.3 Å². The van der Waals surface area contributed by atoms with Gasteiger partial charge in [-0.2, -0.15) is 0 Å². The van der Waals surface area contributed by atoms with Crippen LogP contribution in [0.5, 0.6) is 0 Å². The summed E-state index contributed by atoms with van der Waals surface area (Å²) in [6.07, 6.45) is 1.21. The molecule has 0 aliphatic rings. The number of carbonyl (C=O) groups is 2. The lowest BCUT2D eigenvalue weighted by atomic mass is 9.86. The standard InChI is InChI=1S/C16H15FN2O3/c1-16(2,3)13(20)11-8-18-14(19-12(11)15(21)22)9-4-6-10(17)7-5-9/h4-8H,1-3H3,(H,21,22). The monoisotopic (exact) mass is 302 g/mol. The number of benzene rings is 1. The van der Waals surface area contributed by atoms with Crippen molar-refractivity contribution >= 4 is 11.8 Å². The fourth-order valence-corrected chi connectivity index (χ4v) is 1.85. The number of Topliss-reactive ketones (excluding diaryl/α,β-unsaturated/α-hetero) is 1. The van der Waals surface area contributed by atoms with Crippen molar-refractivity contribution in [3.8, 4) is 11.4 Å². The molecule has 114 valence electrons. The van der Waals surface area contributed by atoms with Crippen LogP contribution in [0.4, 0.5) is 4.39 Å². The average Bonchev–Trinajstić information content (AvgIpc) is 2.45. The van der Waals surface area contributed by atoms with Crippen molar-refractivity contribution < 1.29 is 19.1 Å². The molecule has 0 saturated carbocycles. The Morgan fingerprint density at radius 3 is 2.23 bits per heavy atom. The molecule has 2 rings (SSSR count). The van der Waals surface area contributed by atoms with Crippen molar-refractivity contribution in [2.45, 2.75) is 20.8 Å². The van der Waals surface area contributed by atoms with E-state index in [1.165, 1.54) is 30.5 Å². The highest BCUT2D eigenvalue weighted by atomic mass is 19.1. The molecule has 1 aromatic carbocycles. The van der Waals surface area contributed by atoms with E-state index in [-0.39, 0.29) is 22.9 Å². The molecular formula is C16H15FN2O3. The van der Waals surface area contributed by atoms with Gasteiger partial charge < -0.3 is 5.11 Å². The highest BCUT2D eigenvalue weighted by molar-refractivity contribution is 6.06. The van der Waals surface area contributed by atoms with Gasteiger partial charge in [0, 0.05) is 17.2 Å². The van der Waals surface area contributed by atoms with Crippen molar-refractivity contribution in [2.24, 2.45) is 5.41 Å². The molecule has 0 amide bonds. The first-order valence-electron chi connectivity index (χ1n) is 6.61. The largest absolute Gasteiger partial charge is 0.476 e. The molecule has 0 aliphatic heterocycles. The fourth-order valence-electron chi connectivity index (χ4n) is 1.85. The second kappa shape index (κ2) is 5.63. The molecule has 0 spiro atoms. The van der Waals surface area contributed by atoms with Crippen LogP contribution < -0.4 is 0 Å². The van der Waals surface area contributed by atoms with Gasteiger partial charge in [0.2, 0.25) is 0 Å². The number of carboxylic acids is 1. The molecule has 0 fully saturated rings. The molecule has 0 radical (unpaired) electrons. The van der Waals surface area contributed by atoms with Crippen LogP contribution in [-0.4, -0.2) is 26.8 Å². The summed E-state index contributed by atoms with van der Waals surface area (Å²) in [4.78, 5) is 31.7. The number of aromatic carboxylic acids is 1. The van der Waals surface area contributed by atoms with Gasteiger partial charge in [0.1, 0.15) is 5.82 Å². The Morgan fingerprint density at radius 2 is 1.73 bits per heavy atom. The Morgan fingerprint density at radius 1 is 1.14 bits per heavy atom. The van der Waals surface area contributed by atoms with E-state index in [4.69, 9.17) is 0 Å². The molecule has 2 aromatic rings. The van der Waals surface area contributed by atoms with Crippen LogP contribution in [-0.2, 0) is 0 Å². The fraction of sp³-hybridized carbons (Fsp3) is 0.250. The number of hydrogen-bond donors (Lipinski definition) is 1. The first-order chi connectivity index (χ1) is 10.2. The maximum absolute atomic E-state index is 12.9. The Labute approximate surface area is 126 Å². The van der Waals surface area contributed by atoms with Crippen molar-refractivity contribution in [3.63, 3.8) is 0 Å². The minimum absolute atomic E-state index is 0.0362. The zero-order valence-electron chi connectivity index (χ0n) is 12.4. The first-order valence-corrected chi connectivity index (χ1v) is 6.61. The van der Waals surface area contributed by atoms with E-state index in [9.17, 15) is 19.1 Å². The summed E-state index contributed by atoms with van der Waals surface area (Å²) in [7, 11) is 0. The zero-order chi connectivity index (χ0) is 16.5. The smallest absolute Gasteiger partial charge is 0.355 e. The number of aromatic nitrogens is 2. The predicted octanol–water partition coefficient (Wildman–Crippen LogP) is 3.21. The van der Waals surface area contributed by atoms with E-state index >= 15 is 0 Å². The zero-order valence-corrected chi connectivity index (χ0v) is 12.4. The lowest BCUT2D eigenvalue weighted by Crippen LogP contribution is -2.24. The predicted molar refractivity (Wildman–Crippen MR) is 78.2 cm³/mol. The molecule has 0 atom stereocenters. The molecule has 1 aromatic heterocycles. The number of carbonyl (C=O) groups excluding carboxylic acids is 1. The third kappa shape index (κ3) is 3.16. The van der Waals surface area contributed by atoms with Crippen molar-refractivity contribution in [1.29, 1.82) is 0 Å². The van der Waals surface area contributed by atoms with Gasteiger partial charge in [-0.1, -0.05) is 20.8 Å². The summed E-state index contributed by atoms with van der Waals surface area (Å²) in [5.74, 6) is -1.95. The van der Waals surface area contributed by atoms with Gasteiger partial charge in [-0.15, -0.1) is 0 Å². The number of carboxylic acid groups (broad SMARTS) is 1. The van der Waals surface area contributed by atoms with Crippen LogP contribution in [0.25, 0.3) is 11.4 Å². The minimum atomic E-state index is -1.31. The topological polar surface area (TPSA) is 80.2 Å². The lowest BCUT2D eigenvalue weighted by molar-refractivity contribution is 0.0680. The number of ketones is 1. The summed E-state index contributed by atoms with van der Waals surface area (Å²) in [5, 5.41) is 9.29. The van der Waals surface area contributed by atoms with Gasteiger partial charge in [0.25, 0.3) is 0 Å². The van der Waals surface area contributed by atoms with E-state index in [0.717, 1.165) is 0 Å². The third-order valence-electron chi connectivity index (χ3n) is 3.02. The second-order valence-electron chi connectivity index (χ2n) is 5.85. The van der Waals surface area contributed by atoms with Gasteiger partial charge in [-0.25, -0.2) is 19.2 Å². The number of halogens is 1. The van der Waals surface area contributed by atoms with E-state index in [1.807, 2.05) is 0 Å². The van der Waals surface area contributed by atoms with E-state index < -0.39 is 17.2 Å². The quantitative estimate of drug-likeness (QED) is 0.881. The summed E-state index contributed by atoms with van der Waals surface area (Å²) in [5.41, 5.74) is -0.663. The van der Waals surface area contributed by atoms with Gasteiger partial charge in [0.15, 0.2) is 17.3 Å². The van der Waals surface area contributed by atoms with Gasteiger partial charge >= 0.3 is 5.97 Å². The SMILES string of the molecule is CC(C)(C)C(=O)c1cnc(-c2ccc(F)cc2)nc1C(=O)O. The Bertz CT molecular complexity index is 734. The van der Waals surface area contributed by atoms with Crippen molar-refractivity contribution in [3.05, 3.63) is 47.5 Å². The van der Waals surface area contributed by atoms with Crippen LogP contribution in [0.3, 0.4) is 0 Å². The van der Waals surface area contributed by atoms with Crippen LogP contribution in [0.2, 0.25) is 0 Å². The third-order valence-corrected chi connectivity index (χ3v) is 3.02. The lowest BCUT2D eigenvalue weighted by Gasteiger charge is -2.17. The molecule has 6 heteroatoms. The van der Waals surface area contributed by atoms with Crippen molar-refractivity contribution in [2.75, 3.05) is 0 Å². The summed E-state index contributed by atoms with van der Waals surface area (Å²) >= 11 is 0. The molecule has 0 unspecified atom stereocenters. The molecule has 1 N–H and O–H groups in total. The van der Waals surface area contributed by atoms with Crippen LogP contribution in [0.1, 0.15) is 41.6 Å².